The zero-order valence-corrected chi connectivity index (χ0v) is 11.2. The summed E-state index contributed by atoms with van der Waals surface area (Å²) in [6.07, 6.45) is 0.293. The molecule has 6 nitrogen and oxygen atoms in total. The predicted molar refractivity (Wildman–Crippen MR) is 68.7 cm³/mol. The molecule has 0 bridgehead atoms. The maximum absolute atomic E-state index is 13.7. The number of rotatable bonds is 3. The summed E-state index contributed by atoms with van der Waals surface area (Å²) < 4.78 is 36.3. The summed E-state index contributed by atoms with van der Waals surface area (Å²) in [5.74, 6) is -1.04. The molecule has 0 saturated carbocycles. The molecule has 1 aliphatic heterocycles. The first kappa shape index (κ1) is 14.0. The van der Waals surface area contributed by atoms with Crippen molar-refractivity contribution in [2.45, 2.75) is 12.5 Å². The number of benzene rings is 1. The molecule has 1 fully saturated rings. The van der Waals surface area contributed by atoms with E-state index in [0.29, 0.717) is 6.42 Å². The highest BCUT2D eigenvalue weighted by Gasteiger charge is 2.30. The number of halogens is 2. The van der Waals surface area contributed by atoms with Gasteiger partial charge in [0.05, 0.1) is 21.5 Å². The molecule has 0 spiro atoms. The number of anilines is 1. The first-order chi connectivity index (χ1) is 8.78. The minimum atomic E-state index is -3.15. The molecule has 1 aromatic carbocycles. The monoisotopic (exact) mass is 308 g/mol. The van der Waals surface area contributed by atoms with Crippen molar-refractivity contribution in [2.75, 3.05) is 16.8 Å². The Labute approximate surface area is 113 Å². The normalized spacial score (nSPS) is 21.3. The Bertz CT molecular complexity index is 635. The lowest BCUT2D eigenvalue weighted by atomic mass is 10.2. The Morgan fingerprint density at radius 1 is 1.47 bits per heavy atom. The third kappa shape index (κ3) is 3.13. The van der Waals surface area contributed by atoms with E-state index in [0.717, 1.165) is 12.1 Å². The number of nitrogens with one attached hydrogen (secondary N) is 1. The Balaban J connectivity index is 2.32. The van der Waals surface area contributed by atoms with Crippen LogP contribution in [0, 0.1) is 15.9 Å². The van der Waals surface area contributed by atoms with Gasteiger partial charge in [-0.3, -0.25) is 10.1 Å². The minimum Gasteiger partial charge on any atom is -0.373 e. The molecule has 1 aromatic rings. The van der Waals surface area contributed by atoms with Crippen molar-refractivity contribution in [3.05, 3.63) is 33.1 Å². The quantitative estimate of drug-likeness (QED) is 0.681. The maximum Gasteiger partial charge on any atom is 0.296 e. The summed E-state index contributed by atoms with van der Waals surface area (Å²) in [5, 5.41) is 13.3. The Kier molecular flexibility index (Phi) is 3.64. The average Bonchev–Trinajstić information content (AvgIpc) is 2.61. The number of nitro groups is 1. The number of hydrogen-bond donors (Lipinski definition) is 1. The third-order valence-corrected chi connectivity index (χ3v) is 4.80. The summed E-state index contributed by atoms with van der Waals surface area (Å²) in [7, 11) is -3.15. The molecule has 0 aliphatic carbocycles. The Morgan fingerprint density at radius 2 is 2.16 bits per heavy atom. The predicted octanol–water partition coefficient (Wildman–Crippen LogP) is 1.99. The molecule has 2 rings (SSSR count). The van der Waals surface area contributed by atoms with Gasteiger partial charge in [0.25, 0.3) is 5.69 Å². The molecule has 0 amide bonds. The number of hydrogen-bond acceptors (Lipinski definition) is 5. The van der Waals surface area contributed by atoms with E-state index in [1.165, 1.54) is 0 Å². The molecule has 1 aliphatic rings. The fraction of sp³-hybridized carbons (Fsp3) is 0.400. The lowest BCUT2D eigenvalue weighted by Crippen LogP contribution is -2.22. The summed E-state index contributed by atoms with van der Waals surface area (Å²) in [5.41, 5.74) is -0.828. The molecule has 19 heavy (non-hydrogen) atoms. The molecule has 0 unspecified atom stereocenters. The fourth-order valence-corrected chi connectivity index (χ4v) is 3.83. The van der Waals surface area contributed by atoms with E-state index in [2.05, 4.69) is 5.32 Å². The average molecular weight is 309 g/mol. The number of nitrogens with zero attached hydrogens (tertiary/aromatic N) is 1. The fourth-order valence-electron chi connectivity index (χ4n) is 1.96. The molecule has 1 heterocycles. The second-order valence-electron chi connectivity index (χ2n) is 4.28. The van der Waals surface area contributed by atoms with E-state index >= 15 is 0 Å². The minimum absolute atomic E-state index is 0.00628. The molecular formula is C10H10ClFN2O4S. The molecule has 0 aromatic heterocycles. The highest BCUT2D eigenvalue weighted by molar-refractivity contribution is 7.91. The van der Waals surface area contributed by atoms with Crippen LogP contribution in [0.1, 0.15) is 6.42 Å². The zero-order valence-electron chi connectivity index (χ0n) is 9.60. The van der Waals surface area contributed by atoms with Crippen molar-refractivity contribution >= 4 is 32.8 Å². The standard InChI is InChI=1S/C10H10ClFN2O4S/c11-6-3-8(12)10(9(4-6)14(15)16)13-7-1-2-19(17,18)5-7/h3-4,7,13H,1-2,5H2/t7-/m1/s1. The van der Waals surface area contributed by atoms with Crippen molar-refractivity contribution in [1.82, 2.24) is 0 Å². The first-order valence-corrected chi connectivity index (χ1v) is 7.59. The van der Waals surface area contributed by atoms with Crippen LogP contribution < -0.4 is 5.32 Å². The first-order valence-electron chi connectivity index (χ1n) is 5.39. The number of sulfone groups is 1. The molecule has 9 heteroatoms. The molecule has 1 atom stereocenters. The van der Waals surface area contributed by atoms with Crippen molar-refractivity contribution in [2.24, 2.45) is 0 Å². The van der Waals surface area contributed by atoms with Gasteiger partial charge in [-0.25, -0.2) is 12.8 Å². The van der Waals surface area contributed by atoms with Crippen LogP contribution in [0.25, 0.3) is 0 Å². The summed E-state index contributed by atoms with van der Waals surface area (Å²) in [6, 6.07) is 1.44. The smallest absolute Gasteiger partial charge is 0.296 e. The van der Waals surface area contributed by atoms with E-state index in [1.54, 1.807) is 0 Å². The highest BCUT2D eigenvalue weighted by atomic mass is 35.5. The molecule has 1 saturated heterocycles. The van der Waals surface area contributed by atoms with Gasteiger partial charge < -0.3 is 5.32 Å². The van der Waals surface area contributed by atoms with Gasteiger partial charge in [-0.2, -0.15) is 0 Å². The second kappa shape index (κ2) is 4.93. The Morgan fingerprint density at radius 3 is 2.68 bits per heavy atom. The number of nitro benzene ring substituents is 1. The van der Waals surface area contributed by atoms with Gasteiger partial charge in [0, 0.05) is 12.1 Å². The van der Waals surface area contributed by atoms with Crippen LogP contribution in [-0.4, -0.2) is 30.9 Å². The van der Waals surface area contributed by atoms with Crippen LogP contribution >= 0.6 is 11.6 Å². The van der Waals surface area contributed by atoms with Gasteiger partial charge >= 0.3 is 0 Å². The van der Waals surface area contributed by atoms with Crippen LogP contribution in [0.5, 0.6) is 0 Å². The second-order valence-corrected chi connectivity index (χ2v) is 6.95. The van der Waals surface area contributed by atoms with E-state index in [1.807, 2.05) is 0 Å². The van der Waals surface area contributed by atoms with Crippen LogP contribution in [0.4, 0.5) is 15.8 Å². The van der Waals surface area contributed by atoms with Crippen LogP contribution in [0.3, 0.4) is 0 Å². The summed E-state index contributed by atoms with van der Waals surface area (Å²) >= 11 is 5.56. The van der Waals surface area contributed by atoms with Crippen molar-refractivity contribution < 1.29 is 17.7 Å². The highest BCUT2D eigenvalue weighted by Crippen LogP contribution is 2.32. The van der Waals surface area contributed by atoms with Crippen molar-refractivity contribution in [3.8, 4) is 0 Å². The molecule has 1 N–H and O–H groups in total. The third-order valence-electron chi connectivity index (χ3n) is 2.81. The van der Waals surface area contributed by atoms with Crippen LogP contribution in [-0.2, 0) is 9.84 Å². The lowest BCUT2D eigenvalue weighted by molar-refractivity contribution is -0.384. The van der Waals surface area contributed by atoms with E-state index in [9.17, 15) is 22.9 Å². The van der Waals surface area contributed by atoms with Crippen LogP contribution in [0.15, 0.2) is 12.1 Å². The van der Waals surface area contributed by atoms with E-state index in [4.69, 9.17) is 11.6 Å². The van der Waals surface area contributed by atoms with E-state index < -0.39 is 32.3 Å². The van der Waals surface area contributed by atoms with Crippen molar-refractivity contribution in [1.29, 1.82) is 0 Å². The van der Waals surface area contributed by atoms with Gasteiger partial charge in [-0.05, 0) is 12.5 Å². The summed E-state index contributed by atoms with van der Waals surface area (Å²) in [6.45, 7) is 0. The van der Waals surface area contributed by atoms with Crippen LogP contribution in [0.2, 0.25) is 5.02 Å². The largest absolute Gasteiger partial charge is 0.373 e. The van der Waals surface area contributed by atoms with Gasteiger partial charge in [0.1, 0.15) is 5.69 Å². The molecular weight excluding hydrogens is 299 g/mol. The lowest BCUT2D eigenvalue weighted by Gasteiger charge is -2.13. The van der Waals surface area contributed by atoms with Gasteiger partial charge in [0.2, 0.25) is 0 Å². The summed E-state index contributed by atoms with van der Waals surface area (Å²) in [4.78, 5) is 10.1. The van der Waals surface area contributed by atoms with Gasteiger partial charge in [0.15, 0.2) is 15.7 Å². The van der Waals surface area contributed by atoms with Gasteiger partial charge in [-0.1, -0.05) is 11.6 Å². The SMILES string of the molecule is O=[N+]([O-])c1cc(Cl)cc(F)c1N[C@@H]1CCS(=O)(=O)C1. The maximum atomic E-state index is 13.7. The topological polar surface area (TPSA) is 89.3 Å². The van der Waals surface area contributed by atoms with E-state index in [-0.39, 0.29) is 22.2 Å². The molecule has 0 radical (unpaired) electrons. The van der Waals surface area contributed by atoms with Gasteiger partial charge in [-0.15, -0.1) is 0 Å². The zero-order chi connectivity index (χ0) is 14.2. The molecule has 104 valence electrons. The Hall–Kier alpha value is -1.41. The van der Waals surface area contributed by atoms with Crippen molar-refractivity contribution in [3.63, 3.8) is 0 Å².